The van der Waals surface area contributed by atoms with E-state index in [1.165, 1.54) is 12.1 Å². The zero-order valence-electron chi connectivity index (χ0n) is 19.8. The van der Waals surface area contributed by atoms with Gasteiger partial charge in [0.05, 0.1) is 5.56 Å². The minimum atomic E-state index is -0.318. The standard InChI is InChI=1S/C31H21FN3O/c1-19-11-12-24-26-17-25(22-10-6-9-21(15-22)20-7-4-3-5-8-20)27(18-33)34-31(26)36-30(24)29(19)28-16-23(32)13-14-35(28)2/h3-17H,1-2H3/q+1. The molecule has 36 heavy (non-hydrogen) atoms. The van der Waals surface area contributed by atoms with Crippen LogP contribution >= 0.6 is 0 Å². The molecule has 0 aliphatic rings. The molecule has 0 aliphatic carbocycles. The van der Waals surface area contributed by atoms with E-state index in [4.69, 9.17) is 4.42 Å². The first kappa shape index (κ1) is 21.7. The van der Waals surface area contributed by atoms with E-state index in [-0.39, 0.29) is 5.82 Å². The number of hydrogen-bond acceptors (Lipinski definition) is 3. The fourth-order valence-corrected chi connectivity index (χ4v) is 4.78. The molecular formula is C31H21FN3O+. The minimum absolute atomic E-state index is 0.293. The van der Waals surface area contributed by atoms with Gasteiger partial charge in [-0.2, -0.15) is 5.26 Å². The van der Waals surface area contributed by atoms with E-state index in [1.54, 1.807) is 6.20 Å². The fourth-order valence-electron chi connectivity index (χ4n) is 4.78. The summed E-state index contributed by atoms with van der Waals surface area (Å²) in [7, 11) is 1.87. The van der Waals surface area contributed by atoms with Crippen LogP contribution in [0.15, 0.2) is 95.5 Å². The summed E-state index contributed by atoms with van der Waals surface area (Å²) in [4.78, 5) is 4.61. The number of pyridine rings is 2. The maximum Gasteiger partial charge on any atom is 0.228 e. The third-order valence-corrected chi connectivity index (χ3v) is 6.60. The molecule has 0 bridgehead atoms. The topological polar surface area (TPSA) is 53.7 Å². The van der Waals surface area contributed by atoms with Crippen molar-refractivity contribution >= 4 is 22.1 Å². The highest BCUT2D eigenvalue weighted by Gasteiger charge is 2.23. The van der Waals surface area contributed by atoms with Gasteiger partial charge in [0.25, 0.3) is 0 Å². The number of hydrogen-bond donors (Lipinski definition) is 0. The van der Waals surface area contributed by atoms with Crippen molar-refractivity contribution in [1.82, 2.24) is 4.98 Å². The molecule has 0 spiro atoms. The summed E-state index contributed by atoms with van der Waals surface area (Å²) in [5.74, 6) is -0.318. The molecule has 6 aromatic rings. The first-order chi connectivity index (χ1) is 17.5. The van der Waals surface area contributed by atoms with E-state index in [0.29, 0.717) is 22.7 Å². The van der Waals surface area contributed by atoms with E-state index in [9.17, 15) is 9.65 Å². The molecule has 0 fully saturated rings. The molecular weight excluding hydrogens is 449 g/mol. The number of rotatable bonds is 3. The predicted octanol–water partition coefficient (Wildman–Crippen LogP) is 7.13. The summed E-state index contributed by atoms with van der Waals surface area (Å²) in [6.45, 7) is 1.97. The Balaban J connectivity index is 1.60. The highest BCUT2D eigenvalue weighted by Crippen LogP contribution is 2.39. The van der Waals surface area contributed by atoms with Crippen molar-refractivity contribution < 1.29 is 13.4 Å². The summed E-state index contributed by atoms with van der Waals surface area (Å²) in [5.41, 5.74) is 7.57. The lowest BCUT2D eigenvalue weighted by Crippen LogP contribution is -2.30. The normalized spacial score (nSPS) is 11.2. The second-order valence-electron chi connectivity index (χ2n) is 8.87. The minimum Gasteiger partial charge on any atom is -0.437 e. The lowest BCUT2D eigenvalue weighted by molar-refractivity contribution is -0.660. The first-order valence-corrected chi connectivity index (χ1v) is 11.6. The van der Waals surface area contributed by atoms with Crippen LogP contribution in [-0.2, 0) is 7.05 Å². The zero-order chi connectivity index (χ0) is 24.8. The Hall–Kier alpha value is -4.82. The number of aryl methyl sites for hydroxylation is 2. The monoisotopic (exact) mass is 470 g/mol. The van der Waals surface area contributed by atoms with Gasteiger partial charge in [-0.3, -0.25) is 0 Å². The molecule has 0 radical (unpaired) electrons. The molecule has 0 unspecified atom stereocenters. The SMILES string of the molecule is Cc1ccc2c(oc3nc(C#N)c(-c4cccc(-c5ccccc5)c4)cc32)c1-c1cc(F)cc[n+]1C. The summed E-state index contributed by atoms with van der Waals surface area (Å²) < 4.78 is 22.3. The molecule has 0 N–H and O–H groups in total. The van der Waals surface area contributed by atoms with Gasteiger partial charge in [-0.1, -0.05) is 60.7 Å². The van der Waals surface area contributed by atoms with Crippen molar-refractivity contribution in [1.29, 1.82) is 5.26 Å². The van der Waals surface area contributed by atoms with Crippen molar-refractivity contribution in [2.24, 2.45) is 7.05 Å². The van der Waals surface area contributed by atoms with Gasteiger partial charge in [0.15, 0.2) is 17.5 Å². The Morgan fingerprint density at radius 1 is 0.861 bits per heavy atom. The van der Waals surface area contributed by atoms with E-state index < -0.39 is 0 Å². The van der Waals surface area contributed by atoms with Crippen molar-refractivity contribution in [3.63, 3.8) is 0 Å². The maximum atomic E-state index is 14.2. The van der Waals surface area contributed by atoms with Gasteiger partial charge >= 0.3 is 0 Å². The molecule has 172 valence electrons. The number of benzene rings is 3. The van der Waals surface area contributed by atoms with Crippen LogP contribution in [0.4, 0.5) is 4.39 Å². The average molecular weight is 471 g/mol. The van der Waals surface area contributed by atoms with E-state index >= 15 is 0 Å². The number of furan rings is 1. The number of nitriles is 1. The highest BCUT2D eigenvalue weighted by atomic mass is 19.1. The van der Waals surface area contributed by atoms with Crippen LogP contribution in [0, 0.1) is 24.1 Å². The van der Waals surface area contributed by atoms with Gasteiger partial charge in [-0.15, -0.1) is 0 Å². The quantitative estimate of drug-likeness (QED) is 0.259. The summed E-state index contributed by atoms with van der Waals surface area (Å²) >= 11 is 0. The second-order valence-corrected chi connectivity index (χ2v) is 8.87. The zero-order valence-corrected chi connectivity index (χ0v) is 19.8. The van der Waals surface area contributed by atoms with Crippen molar-refractivity contribution in [2.75, 3.05) is 0 Å². The van der Waals surface area contributed by atoms with Gasteiger partial charge in [0, 0.05) is 28.5 Å². The van der Waals surface area contributed by atoms with E-state index in [1.807, 2.05) is 67.1 Å². The third kappa shape index (κ3) is 3.52. The van der Waals surface area contributed by atoms with Crippen LogP contribution in [0.1, 0.15) is 11.3 Å². The summed E-state index contributed by atoms with van der Waals surface area (Å²) in [5, 5.41) is 11.6. The Morgan fingerprint density at radius 2 is 1.64 bits per heavy atom. The van der Waals surface area contributed by atoms with Crippen LogP contribution in [0.3, 0.4) is 0 Å². The molecule has 3 heterocycles. The third-order valence-electron chi connectivity index (χ3n) is 6.60. The molecule has 0 atom stereocenters. The lowest BCUT2D eigenvalue weighted by Gasteiger charge is -2.07. The Bertz CT molecular complexity index is 1830. The fraction of sp³-hybridized carbons (Fsp3) is 0.0645. The Labute approximate surface area is 207 Å². The molecule has 3 aromatic carbocycles. The summed E-state index contributed by atoms with van der Waals surface area (Å²) in [6.07, 6.45) is 1.69. The van der Waals surface area contributed by atoms with E-state index in [0.717, 1.165) is 44.2 Å². The Morgan fingerprint density at radius 3 is 2.44 bits per heavy atom. The second kappa shape index (κ2) is 8.44. The molecule has 0 saturated carbocycles. The summed E-state index contributed by atoms with van der Waals surface area (Å²) in [6, 6.07) is 29.4. The van der Waals surface area contributed by atoms with Gasteiger partial charge in [-0.25, -0.2) is 13.9 Å². The van der Waals surface area contributed by atoms with Crippen molar-refractivity contribution in [3.8, 4) is 39.6 Å². The van der Waals surface area contributed by atoms with E-state index in [2.05, 4.69) is 35.3 Å². The number of aromatic nitrogens is 2. The number of nitrogens with zero attached hydrogens (tertiary/aromatic N) is 3. The predicted molar refractivity (Wildman–Crippen MR) is 138 cm³/mol. The molecule has 3 aromatic heterocycles. The highest BCUT2D eigenvalue weighted by molar-refractivity contribution is 6.10. The average Bonchev–Trinajstić information content (AvgIpc) is 3.27. The van der Waals surface area contributed by atoms with Gasteiger partial charge in [0.1, 0.15) is 18.9 Å². The van der Waals surface area contributed by atoms with Gasteiger partial charge in [-0.05, 0) is 41.3 Å². The van der Waals surface area contributed by atoms with Crippen LogP contribution in [0.2, 0.25) is 0 Å². The Kier molecular flexibility index (Phi) is 5.09. The van der Waals surface area contributed by atoms with Gasteiger partial charge in [0.2, 0.25) is 11.4 Å². The van der Waals surface area contributed by atoms with Crippen LogP contribution in [-0.4, -0.2) is 4.98 Å². The maximum absolute atomic E-state index is 14.2. The molecule has 5 heteroatoms. The lowest BCUT2D eigenvalue weighted by atomic mass is 9.96. The molecule has 0 amide bonds. The van der Waals surface area contributed by atoms with Crippen LogP contribution in [0.25, 0.3) is 55.6 Å². The smallest absolute Gasteiger partial charge is 0.228 e. The van der Waals surface area contributed by atoms with Crippen molar-refractivity contribution in [3.05, 3.63) is 108 Å². The molecule has 4 nitrogen and oxygen atoms in total. The molecule has 0 aliphatic heterocycles. The van der Waals surface area contributed by atoms with Crippen LogP contribution < -0.4 is 4.57 Å². The molecule has 0 saturated heterocycles. The molecule has 6 rings (SSSR count). The van der Waals surface area contributed by atoms with Crippen LogP contribution in [0.5, 0.6) is 0 Å². The van der Waals surface area contributed by atoms with Crippen molar-refractivity contribution in [2.45, 2.75) is 6.92 Å². The number of halogens is 1. The van der Waals surface area contributed by atoms with Gasteiger partial charge < -0.3 is 4.42 Å². The largest absolute Gasteiger partial charge is 0.437 e. The number of fused-ring (bicyclic) bond motifs is 3. The first-order valence-electron chi connectivity index (χ1n) is 11.6.